The highest BCUT2D eigenvalue weighted by Gasteiger charge is 2.20. The van der Waals surface area contributed by atoms with Crippen molar-refractivity contribution in [2.75, 3.05) is 11.9 Å². The molecule has 0 amide bonds. The van der Waals surface area contributed by atoms with E-state index in [1.165, 1.54) is 12.3 Å². The highest BCUT2D eigenvalue weighted by molar-refractivity contribution is 9.10. The van der Waals surface area contributed by atoms with E-state index in [4.69, 9.17) is 0 Å². The van der Waals surface area contributed by atoms with E-state index in [1.807, 2.05) is 0 Å². The van der Waals surface area contributed by atoms with E-state index in [-0.39, 0.29) is 11.1 Å². The van der Waals surface area contributed by atoms with Gasteiger partial charge >= 0.3 is 0 Å². The molecule has 0 bridgehead atoms. The number of rotatable bonds is 4. The predicted molar refractivity (Wildman–Crippen MR) is 75.7 cm³/mol. The van der Waals surface area contributed by atoms with Crippen molar-refractivity contribution in [2.24, 2.45) is 11.3 Å². The minimum Gasteiger partial charge on any atom is -0.369 e. The number of nitrogens with zero attached hydrogens (tertiary/aromatic N) is 2. The maximum atomic E-state index is 10.6. The molecule has 1 N–H and O–H groups in total. The van der Waals surface area contributed by atoms with Crippen LogP contribution in [0.3, 0.4) is 0 Å². The van der Waals surface area contributed by atoms with E-state index < -0.39 is 4.92 Å². The van der Waals surface area contributed by atoms with Gasteiger partial charge in [-0.05, 0) is 27.3 Å². The van der Waals surface area contributed by atoms with Gasteiger partial charge in [-0.15, -0.1) is 0 Å². The van der Waals surface area contributed by atoms with Crippen molar-refractivity contribution in [3.05, 3.63) is 26.9 Å². The second-order valence-electron chi connectivity index (χ2n) is 5.43. The Hall–Kier alpha value is -1.17. The van der Waals surface area contributed by atoms with Gasteiger partial charge in [-0.1, -0.05) is 27.7 Å². The number of nitrogens with one attached hydrogen (secondary N) is 1. The molecule has 0 saturated carbocycles. The van der Waals surface area contributed by atoms with Gasteiger partial charge in [0.05, 0.1) is 9.40 Å². The summed E-state index contributed by atoms with van der Waals surface area (Å²) in [6.07, 6.45) is 1.26. The van der Waals surface area contributed by atoms with Gasteiger partial charge in [0.1, 0.15) is 12.0 Å². The molecule has 0 aliphatic heterocycles. The summed E-state index contributed by atoms with van der Waals surface area (Å²) in [5.74, 6) is 1.10. The summed E-state index contributed by atoms with van der Waals surface area (Å²) < 4.78 is 0.609. The highest BCUT2D eigenvalue weighted by Crippen LogP contribution is 2.28. The molecule has 1 aromatic rings. The van der Waals surface area contributed by atoms with Gasteiger partial charge in [-0.25, -0.2) is 4.98 Å². The van der Waals surface area contributed by atoms with Crippen molar-refractivity contribution in [3.8, 4) is 0 Å². The number of anilines is 1. The molecule has 0 fully saturated rings. The highest BCUT2D eigenvalue weighted by atomic mass is 79.9. The number of pyridine rings is 1. The Labute approximate surface area is 115 Å². The van der Waals surface area contributed by atoms with Gasteiger partial charge in [0.25, 0.3) is 5.69 Å². The summed E-state index contributed by atoms with van der Waals surface area (Å²) in [5.41, 5.74) is 0.191. The standard InChI is InChI=1S/C12H18BrN3O2/c1-8(12(2,3)4)6-14-11-10(13)5-9(7-15-11)16(17)18/h5,7-8H,6H2,1-4H3,(H,14,15). The van der Waals surface area contributed by atoms with Crippen LogP contribution in [0.1, 0.15) is 27.7 Å². The molecule has 0 spiro atoms. The zero-order valence-corrected chi connectivity index (χ0v) is 12.6. The van der Waals surface area contributed by atoms with Gasteiger partial charge in [0.15, 0.2) is 0 Å². The molecule has 1 rings (SSSR count). The number of nitro groups is 1. The lowest BCUT2D eigenvalue weighted by Gasteiger charge is -2.27. The van der Waals surface area contributed by atoms with Crippen LogP contribution in [0.4, 0.5) is 11.5 Å². The Kier molecular flexibility index (Phi) is 4.67. The maximum absolute atomic E-state index is 10.6. The van der Waals surface area contributed by atoms with Crippen LogP contribution in [0.2, 0.25) is 0 Å². The lowest BCUT2D eigenvalue weighted by Crippen LogP contribution is -2.25. The Morgan fingerprint density at radius 1 is 1.56 bits per heavy atom. The maximum Gasteiger partial charge on any atom is 0.288 e. The number of halogens is 1. The summed E-state index contributed by atoms with van der Waals surface area (Å²) in [6, 6.07) is 1.46. The van der Waals surface area contributed by atoms with Gasteiger partial charge in [0.2, 0.25) is 0 Å². The van der Waals surface area contributed by atoms with E-state index in [0.717, 1.165) is 6.54 Å². The van der Waals surface area contributed by atoms with Crippen LogP contribution in [0.15, 0.2) is 16.7 Å². The average molecular weight is 316 g/mol. The summed E-state index contributed by atoms with van der Waals surface area (Å²) >= 11 is 3.29. The van der Waals surface area contributed by atoms with Crippen LogP contribution in [0.25, 0.3) is 0 Å². The number of hydrogen-bond acceptors (Lipinski definition) is 4. The first-order valence-electron chi connectivity index (χ1n) is 5.75. The third-order valence-electron chi connectivity index (χ3n) is 3.09. The van der Waals surface area contributed by atoms with Crippen LogP contribution < -0.4 is 5.32 Å². The van der Waals surface area contributed by atoms with E-state index in [9.17, 15) is 10.1 Å². The molecule has 0 aromatic carbocycles. The van der Waals surface area contributed by atoms with Gasteiger partial charge in [-0.3, -0.25) is 10.1 Å². The summed E-state index contributed by atoms with van der Waals surface area (Å²) in [7, 11) is 0. The smallest absolute Gasteiger partial charge is 0.288 e. The van der Waals surface area contributed by atoms with E-state index >= 15 is 0 Å². The second kappa shape index (κ2) is 5.65. The molecular weight excluding hydrogens is 298 g/mol. The van der Waals surface area contributed by atoms with Crippen molar-refractivity contribution in [1.82, 2.24) is 4.98 Å². The van der Waals surface area contributed by atoms with Crippen LogP contribution >= 0.6 is 15.9 Å². The predicted octanol–water partition coefficient (Wildman–Crippen LogP) is 3.85. The van der Waals surface area contributed by atoms with E-state index in [1.54, 1.807) is 0 Å². The fraction of sp³-hybridized carbons (Fsp3) is 0.583. The molecular formula is C12H18BrN3O2. The van der Waals surface area contributed by atoms with Gasteiger partial charge < -0.3 is 5.32 Å². The van der Waals surface area contributed by atoms with E-state index in [0.29, 0.717) is 16.2 Å². The van der Waals surface area contributed by atoms with Crippen LogP contribution in [0.5, 0.6) is 0 Å². The first kappa shape index (κ1) is 14.9. The lowest BCUT2D eigenvalue weighted by atomic mass is 9.82. The molecule has 18 heavy (non-hydrogen) atoms. The number of hydrogen-bond donors (Lipinski definition) is 1. The Morgan fingerprint density at radius 2 is 2.17 bits per heavy atom. The first-order chi connectivity index (χ1) is 8.21. The monoisotopic (exact) mass is 315 g/mol. The van der Waals surface area contributed by atoms with E-state index in [2.05, 4.69) is 53.9 Å². The van der Waals surface area contributed by atoms with Crippen molar-refractivity contribution >= 4 is 27.4 Å². The molecule has 6 heteroatoms. The second-order valence-corrected chi connectivity index (χ2v) is 6.28. The van der Waals surface area contributed by atoms with Crippen molar-refractivity contribution in [3.63, 3.8) is 0 Å². The average Bonchev–Trinajstić information content (AvgIpc) is 2.25. The molecule has 100 valence electrons. The zero-order valence-electron chi connectivity index (χ0n) is 11.0. The molecule has 1 atom stereocenters. The normalized spacial score (nSPS) is 13.2. The molecule has 0 radical (unpaired) electrons. The van der Waals surface area contributed by atoms with Crippen molar-refractivity contribution in [1.29, 1.82) is 0 Å². The topological polar surface area (TPSA) is 68.1 Å². The lowest BCUT2D eigenvalue weighted by molar-refractivity contribution is -0.385. The van der Waals surface area contributed by atoms with Gasteiger partial charge in [-0.2, -0.15) is 0 Å². The number of aromatic nitrogens is 1. The largest absolute Gasteiger partial charge is 0.369 e. The minimum absolute atomic E-state index is 0.0173. The molecule has 0 saturated heterocycles. The van der Waals surface area contributed by atoms with Crippen LogP contribution in [0, 0.1) is 21.4 Å². The quantitative estimate of drug-likeness (QED) is 0.677. The minimum atomic E-state index is -0.459. The third kappa shape index (κ3) is 3.94. The third-order valence-corrected chi connectivity index (χ3v) is 3.70. The van der Waals surface area contributed by atoms with Crippen LogP contribution in [-0.4, -0.2) is 16.5 Å². The van der Waals surface area contributed by atoms with Crippen molar-refractivity contribution in [2.45, 2.75) is 27.7 Å². The van der Waals surface area contributed by atoms with Gasteiger partial charge in [0, 0.05) is 12.6 Å². The van der Waals surface area contributed by atoms with Crippen molar-refractivity contribution < 1.29 is 4.92 Å². The summed E-state index contributed by atoms with van der Waals surface area (Å²) in [4.78, 5) is 14.2. The molecule has 1 heterocycles. The summed E-state index contributed by atoms with van der Waals surface area (Å²) in [5, 5.41) is 13.8. The summed E-state index contributed by atoms with van der Waals surface area (Å²) in [6.45, 7) is 9.46. The molecule has 1 aromatic heterocycles. The Morgan fingerprint density at radius 3 is 2.61 bits per heavy atom. The SMILES string of the molecule is CC(CNc1ncc([N+](=O)[O-])cc1Br)C(C)(C)C. The Bertz CT molecular complexity index is 443. The molecule has 5 nitrogen and oxygen atoms in total. The first-order valence-corrected chi connectivity index (χ1v) is 6.55. The zero-order chi connectivity index (χ0) is 13.9. The molecule has 1 unspecified atom stereocenters. The fourth-order valence-corrected chi connectivity index (χ4v) is 1.69. The van der Waals surface area contributed by atoms with Crippen LogP contribution in [-0.2, 0) is 0 Å². The fourth-order valence-electron chi connectivity index (χ4n) is 1.21. The molecule has 0 aliphatic rings. The molecule has 0 aliphatic carbocycles. The Balaban J connectivity index is 2.72.